The van der Waals surface area contributed by atoms with Crippen LogP contribution in [-0.2, 0) is 16.1 Å². The van der Waals surface area contributed by atoms with Gasteiger partial charge in [-0.15, -0.1) is 0 Å². The van der Waals surface area contributed by atoms with E-state index < -0.39 is 0 Å². The van der Waals surface area contributed by atoms with E-state index in [1.807, 2.05) is 66.7 Å². The van der Waals surface area contributed by atoms with Crippen molar-refractivity contribution in [2.45, 2.75) is 31.8 Å². The number of rotatable bonds is 10. The number of para-hydroxylation sites is 1. The highest BCUT2D eigenvalue weighted by molar-refractivity contribution is 5.92. The molecular formula is C30H35N3O4. The Morgan fingerprint density at radius 2 is 1.65 bits per heavy atom. The number of piperidine rings is 1. The number of benzene rings is 3. The number of ether oxygens (including phenoxy) is 2. The Kier molecular flexibility index (Phi) is 9.29. The van der Waals surface area contributed by atoms with E-state index in [1.54, 1.807) is 12.1 Å². The fourth-order valence-electron chi connectivity index (χ4n) is 4.69. The maximum absolute atomic E-state index is 12.9. The van der Waals surface area contributed by atoms with Crippen molar-refractivity contribution in [1.29, 1.82) is 0 Å². The van der Waals surface area contributed by atoms with Crippen molar-refractivity contribution >= 4 is 17.6 Å². The molecule has 1 N–H and O–H groups in total. The van der Waals surface area contributed by atoms with E-state index in [1.165, 1.54) is 13.5 Å². The molecule has 4 rings (SSSR count). The molecule has 3 aromatic rings. The number of nitrogens with zero attached hydrogens (tertiary/aromatic N) is 2. The number of nitrogens with one attached hydrogen (secondary N) is 1. The summed E-state index contributed by atoms with van der Waals surface area (Å²) in [6.07, 6.45) is 3.35. The number of hydrogen-bond donors (Lipinski definition) is 1. The Balaban J connectivity index is 1.27. The van der Waals surface area contributed by atoms with Gasteiger partial charge in [0.1, 0.15) is 11.5 Å². The second-order valence-corrected chi connectivity index (χ2v) is 9.49. The fourth-order valence-corrected chi connectivity index (χ4v) is 4.69. The van der Waals surface area contributed by atoms with Gasteiger partial charge in [-0.3, -0.25) is 9.69 Å². The number of carbonyl (C=O) groups excluding carboxylic acids is 2. The first-order valence-corrected chi connectivity index (χ1v) is 12.7. The molecule has 1 amide bonds. The van der Waals surface area contributed by atoms with Crippen molar-refractivity contribution in [3.05, 3.63) is 90.0 Å². The monoisotopic (exact) mass is 501 g/mol. The van der Waals surface area contributed by atoms with Crippen LogP contribution in [0.4, 0.5) is 5.69 Å². The van der Waals surface area contributed by atoms with Crippen LogP contribution in [-0.4, -0.2) is 61.5 Å². The third kappa shape index (κ3) is 7.90. The van der Waals surface area contributed by atoms with Gasteiger partial charge in [-0.2, -0.15) is 0 Å². The average molecular weight is 502 g/mol. The highest BCUT2D eigenvalue weighted by Gasteiger charge is 2.25. The Morgan fingerprint density at radius 1 is 0.946 bits per heavy atom. The Bertz CT molecular complexity index is 1150. The molecule has 7 heteroatoms. The molecule has 0 radical (unpaired) electrons. The predicted molar refractivity (Wildman–Crippen MR) is 145 cm³/mol. The molecule has 194 valence electrons. The van der Waals surface area contributed by atoms with Gasteiger partial charge in [0.25, 0.3) is 0 Å². The van der Waals surface area contributed by atoms with E-state index in [2.05, 4.69) is 22.2 Å². The van der Waals surface area contributed by atoms with Crippen LogP contribution >= 0.6 is 0 Å². The molecular weight excluding hydrogens is 466 g/mol. The number of likely N-dealkylation sites (tertiary alicyclic amines) is 1. The normalized spacial score (nSPS) is 15.8. The summed E-state index contributed by atoms with van der Waals surface area (Å²) < 4.78 is 10.6. The quantitative estimate of drug-likeness (QED) is 0.386. The van der Waals surface area contributed by atoms with Gasteiger partial charge in [-0.1, -0.05) is 36.8 Å². The molecule has 1 aliphatic rings. The van der Waals surface area contributed by atoms with Gasteiger partial charge in [0.05, 0.1) is 19.2 Å². The number of anilines is 1. The lowest BCUT2D eigenvalue weighted by molar-refractivity contribution is -0.118. The van der Waals surface area contributed by atoms with E-state index in [0.717, 1.165) is 55.2 Å². The summed E-state index contributed by atoms with van der Waals surface area (Å²) in [5.41, 5.74) is 2.44. The summed E-state index contributed by atoms with van der Waals surface area (Å²) >= 11 is 0. The molecule has 0 spiro atoms. The van der Waals surface area contributed by atoms with E-state index in [9.17, 15) is 9.59 Å². The van der Waals surface area contributed by atoms with Gasteiger partial charge in [0.2, 0.25) is 5.91 Å². The zero-order valence-corrected chi connectivity index (χ0v) is 21.6. The molecule has 1 unspecified atom stereocenters. The molecule has 0 bridgehead atoms. The topological polar surface area (TPSA) is 71.1 Å². The minimum atomic E-state index is -0.326. The molecule has 37 heavy (non-hydrogen) atoms. The molecule has 0 saturated carbocycles. The molecule has 1 saturated heterocycles. The van der Waals surface area contributed by atoms with Crippen molar-refractivity contribution in [2.75, 3.05) is 39.1 Å². The highest BCUT2D eigenvalue weighted by atomic mass is 16.5. The van der Waals surface area contributed by atoms with Crippen molar-refractivity contribution in [2.24, 2.45) is 0 Å². The Hall–Kier alpha value is -3.68. The number of carbonyl (C=O) groups is 2. The van der Waals surface area contributed by atoms with Crippen LogP contribution in [0, 0.1) is 0 Å². The summed E-state index contributed by atoms with van der Waals surface area (Å²) in [4.78, 5) is 29.1. The number of hydrogen-bond acceptors (Lipinski definition) is 6. The Morgan fingerprint density at radius 3 is 2.35 bits per heavy atom. The van der Waals surface area contributed by atoms with Gasteiger partial charge in [0, 0.05) is 24.8 Å². The lowest BCUT2D eigenvalue weighted by Gasteiger charge is -2.37. The van der Waals surface area contributed by atoms with E-state index in [4.69, 9.17) is 9.47 Å². The van der Waals surface area contributed by atoms with E-state index in [-0.39, 0.29) is 11.9 Å². The van der Waals surface area contributed by atoms with Crippen molar-refractivity contribution in [3.63, 3.8) is 0 Å². The lowest BCUT2D eigenvalue weighted by atomic mass is 10.0. The molecule has 7 nitrogen and oxygen atoms in total. The van der Waals surface area contributed by atoms with Crippen LogP contribution < -0.4 is 10.1 Å². The zero-order valence-electron chi connectivity index (χ0n) is 21.6. The number of methoxy groups -OCH3 is 1. The van der Waals surface area contributed by atoms with Crippen molar-refractivity contribution in [1.82, 2.24) is 9.80 Å². The number of likely N-dealkylation sites (N-methyl/N-ethyl adjacent to an activating group) is 1. The smallest absolute Gasteiger partial charge is 0.337 e. The summed E-state index contributed by atoms with van der Waals surface area (Å²) in [5.74, 6) is 1.17. The van der Waals surface area contributed by atoms with Crippen LogP contribution in [0.3, 0.4) is 0 Å². The van der Waals surface area contributed by atoms with Gasteiger partial charge in [-0.05, 0) is 80.5 Å². The second-order valence-electron chi connectivity index (χ2n) is 9.49. The van der Waals surface area contributed by atoms with Crippen LogP contribution in [0.2, 0.25) is 0 Å². The van der Waals surface area contributed by atoms with E-state index in [0.29, 0.717) is 18.2 Å². The zero-order chi connectivity index (χ0) is 26.0. The van der Waals surface area contributed by atoms with Gasteiger partial charge < -0.3 is 19.7 Å². The van der Waals surface area contributed by atoms with Crippen LogP contribution in [0.1, 0.15) is 35.2 Å². The summed E-state index contributed by atoms with van der Waals surface area (Å²) in [7, 11) is 3.48. The maximum Gasteiger partial charge on any atom is 0.337 e. The molecule has 1 aliphatic heterocycles. The predicted octanol–water partition coefficient (Wildman–Crippen LogP) is 5.19. The van der Waals surface area contributed by atoms with Crippen molar-refractivity contribution in [3.8, 4) is 11.5 Å². The summed E-state index contributed by atoms with van der Waals surface area (Å²) in [5, 5.41) is 3.03. The first-order chi connectivity index (χ1) is 18.0. The lowest BCUT2D eigenvalue weighted by Crippen LogP contribution is -2.48. The van der Waals surface area contributed by atoms with Crippen LogP contribution in [0.5, 0.6) is 11.5 Å². The third-order valence-electron chi connectivity index (χ3n) is 6.56. The SMILES string of the molecule is COC(=O)c1ccc(CN(C)CC2CCCCN2CC(=O)Nc2ccc(Oc3ccccc3)cc2)cc1. The standard InChI is InChI=1S/C30H35N3O4/c1-32(20-23-11-13-24(14-12-23)30(35)36-2)21-26-8-6-7-19-33(26)22-29(34)31-25-15-17-28(18-16-25)37-27-9-4-3-5-10-27/h3-5,9-18,26H,6-8,19-22H2,1-2H3,(H,31,34). The highest BCUT2D eigenvalue weighted by Crippen LogP contribution is 2.23. The van der Waals surface area contributed by atoms with Crippen molar-refractivity contribution < 1.29 is 19.1 Å². The third-order valence-corrected chi connectivity index (χ3v) is 6.56. The molecule has 1 heterocycles. The number of amides is 1. The largest absolute Gasteiger partial charge is 0.465 e. The fraction of sp³-hybridized carbons (Fsp3) is 0.333. The van der Waals surface area contributed by atoms with Crippen LogP contribution in [0.15, 0.2) is 78.9 Å². The Labute approximate surface area is 219 Å². The van der Waals surface area contributed by atoms with E-state index >= 15 is 0 Å². The molecule has 3 aromatic carbocycles. The first-order valence-electron chi connectivity index (χ1n) is 12.7. The summed E-state index contributed by atoms with van der Waals surface area (Å²) in [6.45, 7) is 2.94. The van der Waals surface area contributed by atoms with Gasteiger partial charge >= 0.3 is 5.97 Å². The summed E-state index contributed by atoms with van der Waals surface area (Å²) in [6, 6.07) is 24.9. The molecule has 0 aliphatic carbocycles. The second kappa shape index (κ2) is 13.0. The van der Waals surface area contributed by atoms with Crippen LogP contribution in [0.25, 0.3) is 0 Å². The molecule has 0 aromatic heterocycles. The number of esters is 1. The average Bonchev–Trinajstić information content (AvgIpc) is 2.91. The van der Waals surface area contributed by atoms with Gasteiger partial charge in [-0.25, -0.2) is 4.79 Å². The molecule has 1 atom stereocenters. The van der Waals surface area contributed by atoms with Gasteiger partial charge in [0.15, 0.2) is 0 Å². The maximum atomic E-state index is 12.9. The molecule has 1 fully saturated rings. The minimum absolute atomic E-state index is 0.00956. The first kappa shape index (κ1) is 26.4. The minimum Gasteiger partial charge on any atom is -0.465 e.